The second-order valence-corrected chi connectivity index (χ2v) is 5.63. The average molecular weight is 270 g/mol. The Kier molecular flexibility index (Phi) is 8.84. The van der Waals surface area contributed by atoms with Gasteiger partial charge in [-0.05, 0) is 44.7 Å². The molecule has 1 heterocycles. The molecule has 1 rings (SSSR count). The van der Waals surface area contributed by atoms with Gasteiger partial charge in [0.2, 0.25) is 5.91 Å². The van der Waals surface area contributed by atoms with Crippen molar-refractivity contribution in [1.82, 2.24) is 10.2 Å². The van der Waals surface area contributed by atoms with Crippen LogP contribution in [0.4, 0.5) is 0 Å². The fraction of sp³-hybridized carbons (Fsp3) is 0.933. The predicted molar refractivity (Wildman–Crippen MR) is 78.2 cm³/mol. The predicted octanol–water partition coefficient (Wildman–Crippen LogP) is 2.04. The van der Waals surface area contributed by atoms with Gasteiger partial charge in [0, 0.05) is 19.8 Å². The molecule has 4 heteroatoms. The molecule has 112 valence electrons. The molecule has 1 saturated heterocycles. The van der Waals surface area contributed by atoms with Crippen LogP contribution in [-0.2, 0) is 9.53 Å². The van der Waals surface area contributed by atoms with E-state index < -0.39 is 0 Å². The molecule has 0 aromatic carbocycles. The van der Waals surface area contributed by atoms with Gasteiger partial charge in [0.05, 0.1) is 6.54 Å². The van der Waals surface area contributed by atoms with Crippen LogP contribution in [0.1, 0.15) is 46.0 Å². The molecule has 0 aromatic rings. The van der Waals surface area contributed by atoms with Gasteiger partial charge in [0.15, 0.2) is 0 Å². The van der Waals surface area contributed by atoms with Gasteiger partial charge in [-0.25, -0.2) is 0 Å². The lowest BCUT2D eigenvalue weighted by molar-refractivity contribution is -0.122. The minimum atomic E-state index is 0.156. The zero-order valence-electron chi connectivity index (χ0n) is 12.6. The zero-order chi connectivity index (χ0) is 13.9. The summed E-state index contributed by atoms with van der Waals surface area (Å²) in [5.74, 6) is 0.975. The fourth-order valence-corrected chi connectivity index (χ4v) is 2.23. The number of ether oxygens (including phenoxy) is 1. The molecule has 4 nitrogen and oxygen atoms in total. The molecule has 0 aromatic heterocycles. The summed E-state index contributed by atoms with van der Waals surface area (Å²) in [6, 6.07) is 0. The summed E-state index contributed by atoms with van der Waals surface area (Å²) in [6.07, 6.45) is 5.65. The van der Waals surface area contributed by atoms with Gasteiger partial charge in [0.25, 0.3) is 0 Å². The number of carbonyl (C=O) groups is 1. The lowest BCUT2D eigenvalue weighted by atomic mass is 9.99. The fourth-order valence-electron chi connectivity index (χ4n) is 2.23. The summed E-state index contributed by atoms with van der Waals surface area (Å²) < 4.78 is 5.46. The SMILES string of the molecule is CCCCOCCCNC(=O)CN1CCC(C)CC1. The molecule has 0 atom stereocenters. The number of hydrogen-bond donors (Lipinski definition) is 1. The molecule has 0 saturated carbocycles. The molecule has 19 heavy (non-hydrogen) atoms. The molecular weight excluding hydrogens is 240 g/mol. The number of piperidine rings is 1. The van der Waals surface area contributed by atoms with Crippen LogP contribution in [0, 0.1) is 5.92 Å². The van der Waals surface area contributed by atoms with Crippen LogP contribution in [0.25, 0.3) is 0 Å². The number of nitrogens with one attached hydrogen (secondary N) is 1. The molecule has 0 aliphatic carbocycles. The Labute approximate surface area is 117 Å². The number of carbonyl (C=O) groups excluding carboxylic acids is 1. The van der Waals surface area contributed by atoms with E-state index in [0.717, 1.165) is 51.6 Å². The van der Waals surface area contributed by atoms with E-state index in [2.05, 4.69) is 24.1 Å². The third kappa shape index (κ3) is 8.22. The first-order valence-electron chi connectivity index (χ1n) is 7.79. The highest BCUT2D eigenvalue weighted by Gasteiger charge is 2.17. The average Bonchev–Trinajstić information content (AvgIpc) is 2.40. The van der Waals surface area contributed by atoms with Gasteiger partial charge >= 0.3 is 0 Å². The van der Waals surface area contributed by atoms with E-state index in [1.807, 2.05) is 0 Å². The monoisotopic (exact) mass is 270 g/mol. The standard InChI is InChI=1S/C15H30N2O2/c1-3-4-11-19-12-5-8-16-15(18)13-17-9-6-14(2)7-10-17/h14H,3-13H2,1-2H3,(H,16,18). The number of rotatable bonds is 9. The third-order valence-electron chi connectivity index (χ3n) is 3.67. The van der Waals surface area contributed by atoms with Crippen molar-refractivity contribution in [2.24, 2.45) is 5.92 Å². The van der Waals surface area contributed by atoms with Crippen molar-refractivity contribution in [2.75, 3.05) is 39.4 Å². The van der Waals surface area contributed by atoms with Crippen molar-refractivity contribution in [3.8, 4) is 0 Å². The maximum absolute atomic E-state index is 11.7. The molecule has 0 unspecified atom stereocenters. The van der Waals surface area contributed by atoms with Crippen molar-refractivity contribution in [3.05, 3.63) is 0 Å². The Morgan fingerprint density at radius 3 is 2.63 bits per heavy atom. The quantitative estimate of drug-likeness (QED) is 0.652. The Balaban J connectivity index is 1.93. The first kappa shape index (κ1) is 16.4. The van der Waals surface area contributed by atoms with Gasteiger partial charge < -0.3 is 10.1 Å². The number of unbranched alkanes of at least 4 members (excludes halogenated alkanes) is 1. The zero-order valence-corrected chi connectivity index (χ0v) is 12.6. The molecule has 1 aliphatic heterocycles. The van der Waals surface area contributed by atoms with E-state index in [-0.39, 0.29) is 5.91 Å². The molecule has 0 radical (unpaired) electrons. The number of nitrogens with zero attached hydrogens (tertiary/aromatic N) is 1. The Bertz CT molecular complexity index is 238. The Morgan fingerprint density at radius 1 is 1.26 bits per heavy atom. The largest absolute Gasteiger partial charge is 0.381 e. The van der Waals surface area contributed by atoms with Crippen LogP contribution in [0.3, 0.4) is 0 Å². The second-order valence-electron chi connectivity index (χ2n) is 5.63. The van der Waals surface area contributed by atoms with E-state index in [4.69, 9.17) is 4.74 Å². The lowest BCUT2D eigenvalue weighted by Crippen LogP contribution is -2.41. The van der Waals surface area contributed by atoms with Crippen molar-refractivity contribution in [1.29, 1.82) is 0 Å². The normalized spacial score (nSPS) is 17.6. The van der Waals surface area contributed by atoms with Crippen LogP contribution >= 0.6 is 0 Å². The van der Waals surface area contributed by atoms with Crippen molar-refractivity contribution in [2.45, 2.75) is 46.0 Å². The van der Waals surface area contributed by atoms with Gasteiger partial charge in [0.1, 0.15) is 0 Å². The van der Waals surface area contributed by atoms with Gasteiger partial charge in [-0.1, -0.05) is 20.3 Å². The Hall–Kier alpha value is -0.610. The van der Waals surface area contributed by atoms with Crippen molar-refractivity contribution in [3.63, 3.8) is 0 Å². The summed E-state index contributed by atoms with van der Waals surface area (Å²) >= 11 is 0. The van der Waals surface area contributed by atoms with Crippen LogP contribution < -0.4 is 5.32 Å². The van der Waals surface area contributed by atoms with Crippen LogP contribution in [0.2, 0.25) is 0 Å². The van der Waals surface area contributed by atoms with Gasteiger partial charge in [-0.2, -0.15) is 0 Å². The van der Waals surface area contributed by atoms with Gasteiger partial charge in [-0.3, -0.25) is 9.69 Å². The maximum atomic E-state index is 11.7. The molecular formula is C15H30N2O2. The summed E-state index contributed by atoms with van der Waals surface area (Å²) in [4.78, 5) is 14.0. The first-order chi connectivity index (χ1) is 9.22. The summed E-state index contributed by atoms with van der Waals surface area (Å²) in [5, 5.41) is 2.97. The molecule has 0 spiro atoms. The second kappa shape index (κ2) is 10.2. The van der Waals surface area contributed by atoms with E-state index >= 15 is 0 Å². The summed E-state index contributed by atoms with van der Waals surface area (Å²) in [7, 11) is 0. The third-order valence-corrected chi connectivity index (χ3v) is 3.67. The number of hydrogen-bond acceptors (Lipinski definition) is 3. The highest BCUT2D eigenvalue weighted by molar-refractivity contribution is 5.77. The van der Waals surface area contributed by atoms with E-state index in [1.165, 1.54) is 19.3 Å². The maximum Gasteiger partial charge on any atom is 0.234 e. The molecule has 1 N–H and O–H groups in total. The first-order valence-corrected chi connectivity index (χ1v) is 7.79. The minimum absolute atomic E-state index is 0.156. The molecule has 1 fully saturated rings. The van der Waals surface area contributed by atoms with Crippen LogP contribution in [-0.4, -0.2) is 50.2 Å². The number of likely N-dealkylation sites (tertiary alicyclic amines) is 1. The topological polar surface area (TPSA) is 41.6 Å². The van der Waals surface area contributed by atoms with Crippen molar-refractivity contribution >= 4 is 5.91 Å². The molecule has 0 bridgehead atoms. The Morgan fingerprint density at radius 2 is 1.95 bits per heavy atom. The summed E-state index contributed by atoms with van der Waals surface area (Å²) in [5.41, 5.74) is 0. The van der Waals surface area contributed by atoms with E-state index in [9.17, 15) is 4.79 Å². The highest BCUT2D eigenvalue weighted by atomic mass is 16.5. The molecule has 1 amide bonds. The van der Waals surface area contributed by atoms with E-state index in [0.29, 0.717) is 6.54 Å². The molecule has 1 aliphatic rings. The van der Waals surface area contributed by atoms with Crippen LogP contribution in [0.5, 0.6) is 0 Å². The number of amides is 1. The minimum Gasteiger partial charge on any atom is -0.381 e. The smallest absolute Gasteiger partial charge is 0.234 e. The summed E-state index contributed by atoms with van der Waals surface area (Å²) in [6.45, 7) is 9.46. The van der Waals surface area contributed by atoms with Crippen molar-refractivity contribution < 1.29 is 9.53 Å². The lowest BCUT2D eigenvalue weighted by Gasteiger charge is -2.29. The van der Waals surface area contributed by atoms with Crippen LogP contribution in [0.15, 0.2) is 0 Å². The van der Waals surface area contributed by atoms with Gasteiger partial charge in [-0.15, -0.1) is 0 Å². The highest BCUT2D eigenvalue weighted by Crippen LogP contribution is 2.15. The van der Waals surface area contributed by atoms with E-state index in [1.54, 1.807) is 0 Å².